The number of nitriles is 1. The van der Waals surface area contributed by atoms with Gasteiger partial charge in [-0.1, -0.05) is 50.3 Å². The van der Waals surface area contributed by atoms with Crippen molar-refractivity contribution in [2.45, 2.75) is 38.2 Å². The molecule has 1 aromatic rings. The van der Waals surface area contributed by atoms with Crippen LogP contribution in [0.15, 0.2) is 42.0 Å². The quantitative estimate of drug-likeness (QED) is 0.913. The lowest BCUT2D eigenvalue weighted by Crippen LogP contribution is -2.60. The van der Waals surface area contributed by atoms with Crippen molar-refractivity contribution in [3.8, 4) is 6.07 Å². The zero-order valence-electron chi connectivity index (χ0n) is 14.6. The zero-order chi connectivity index (χ0) is 18.2. The zero-order valence-corrected chi connectivity index (χ0v) is 14.6. The Balaban J connectivity index is 2.15. The monoisotopic (exact) mass is 346 g/mol. The smallest absolute Gasteiger partial charge is 0.251 e. The third-order valence-corrected chi connectivity index (χ3v) is 5.99. The number of hydrogen-bond acceptors (Lipinski definition) is 3. The van der Waals surface area contributed by atoms with Gasteiger partial charge in [-0.3, -0.25) is 4.90 Å². The van der Waals surface area contributed by atoms with Gasteiger partial charge in [-0.2, -0.15) is 5.26 Å². The molecular weight excluding hydrogens is 322 g/mol. The lowest BCUT2D eigenvalue weighted by molar-refractivity contribution is -0.0493. The second kappa shape index (κ2) is 6.51. The first kappa shape index (κ1) is 18.0. The number of alkyl halides is 2. The molecule has 0 aromatic heterocycles. The Hall–Kier alpha value is -1.77. The summed E-state index contributed by atoms with van der Waals surface area (Å²) in [5, 5.41) is 20.2. The average Bonchev–Trinajstić information content (AvgIpc) is 2.58. The summed E-state index contributed by atoms with van der Waals surface area (Å²) in [6.45, 7) is 4.71. The molecule has 25 heavy (non-hydrogen) atoms. The molecule has 134 valence electrons. The third kappa shape index (κ3) is 2.98. The highest BCUT2D eigenvalue weighted by molar-refractivity contribution is 5.44. The molecule has 1 aliphatic heterocycles. The fraction of sp³-hybridized carbons (Fsp3) is 0.550. The van der Waals surface area contributed by atoms with Gasteiger partial charge < -0.3 is 5.11 Å². The van der Waals surface area contributed by atoms with E-state index in [2.05, 4.69) is 6.07 Å². The molecule has 1 N–H and O–H groups in total. The molecule has 2 aliphatic rings. The highest BCUT2D eigenvalue weighted by atomic mass is 19.3. The van der Waals surface area contributed by atoms with Gasteiger partial charge in [-0.05, 0) is 29.9 Å². The average molecular weight is 346 g/mol. The number of nitrogens with zero attached hydrogens (tertiary/aromatic N) is 2. The van der Waals surface area contributed by atoms with Crippen molar-refractivity contribution in [3.05, 3.63) is 47.5 Å². The predicted molar refractivity (Wildman–Crippen MR) is 92.2 cm³/mol. The molecule has 5 heteroatoms. The van der Waals surface area contributed by atoms with E-state index in [1.807, 2.05) is 50.3 Å². The van der Waals surface area contributed by atoms with E-state index in [4.69, 9.17) is 0 Å². The van der Waals surface area contributed by atoms with Crippen LogP contribution in [0.2, 0.25) is 0 Å². The van der Waals surface area contributed by atoms with Crippen LogP contribution in [0.5, 0.6) is 0 Å². The number of halogens is 2. The van der Waals surface area contributed by atoms with E-state index in [0.717, 1.165) is 5.56 Å². The maximum Gasteiger partial charge on any atom is 0.251 e. The van der Waals surface area contributed by atoms with Crippen molar-refractivity contribution in [1.82, 2.24) is 4.90 Å². The van der Waals surface area contributed by atoms with Crippen LogP contribution in [0.25, 0.3) is 0 Å². The van der Waals surface area contributed by atoms with E-state index in [9.17, 15) is 19.1 Å². The normalized spacial score (nSPS) is 32.0. The van der Waals surface area contributed by atoms with Crippen LogP contribution in [0.1, 0.15) is 25.8 Å². The molecule has 1 aromatic carbocycles. The van der Waals surface area contributed by atoms with Crippen molar-refractivity contribution in [2.24, 2.45) is 11.3 Å². The molecule has 0 saturated carbocycles. The van der Waals surface area contributed by atoms with Crippen molar-refractivity contribution in [3.63, 3.8) is 0 Å². The van der Waals surface area contributed by atoms with Crippen molar-refractivity contribution in [2.75, 3.05) is 19.6 Å². The summed E-state index contributed by atoms with van der Waals surface area (Å²) in [4.78, 5) is 1.79. The Labute approximate surface area is 147 Å². The molecule has 1 saturated heterocycles. The van der Waals surface area contributed by atoms with E-state index in [-0.39, 0.29) is 12.5 Å². The lowest BCUT2D eigenvalue weighted by Gasteiger charge is -2.57. The summed E-state index contributed by atoms with van der Waals surface area (Å²) < 4.78 is 26.0. The summed E-state index contributed by atoms with van der Waals surface area (Å²) in [7, 11) is 0. The molecule has 3 nitrogen and oxygen atoms in total. The predicted octanol–water partition coefficient (Wildman–Crippen LogP) is 3.36. The largest absolute Gasteiger partial charge is 0.387 e. The summed E-state index contributed by atoms with van der Waals surface area (Å²) in [5.74, 6) is 0.0726. The van der Waals surface area contributed by atoms with E-state index in [1.54, 1.807) is 4.90 Å². The minimum absolute atomic E-state index is 0.0726. The molecule has 0 radical (unpaired) electrons. The number of benzene rings is 1. The minimum atomic E-state index is -2.38. The van der Waals surface area contributed by atoms with Crippen molar-refractivity contribution >= 4 is 0 Å². The van der Waals surface area contributed by atoms with Gasteiger partial charge in [0.25, 0.3) is 6.43 Å². The van der Waals surface area contributed by atoms with Crippen molar-refractivity contribution in [1.29, 1.82) is 5.26 Å². The van der Waals surface area contributed by atoms with E-state index >= 15 is 0 Å². The van der Waals surface area contributed by atoms with Crippen LogP contribution in [0.3, 0.4) is 0 Å². The molecule has 1 heterocycles. The van der Waals surface area contributed by atoms with Crippen LogP contribution in [-0.2, 0) is 5.41 Å². The fourth-order valence-corrected chi connectivity index (χ4v) is 4.83. The Morgan fingerprint density at radius 3 is 2.60 bits per heavy atom. The number of rotatable bonds is 3. The number of likely N-dealkylation sites (tertiary alicyclic amines) is 1. The highest BCUT2D eigenvalue weighted by Crippen LogP contribution is 2.54. The van der Waals surface area contributed by atoms with Gasteiger partial charge in [-0.25, -0.2) is 8.78 Å². The second-order valence-corrected chi connectivity index (χ2v) is 7.81. The Morgan fingerprint density at radius 2 is 2.00 bits per heavy atom. The van der Waals surface area contributed by atoms with E-state index in [0.29, 0.717) is 25.1 Å². The molecule has 1 aliphatic carbocycles. The first-order valence-electron chi connectivity index (χ1n) is 8.68. The Morgan fingerprint density at radius 1 is 1.32 bits per heavy atom. The molecule has 0 amide bonds. The Bertz CT molecular complexity index is 695. The van der Waals surface area contributed by atoms with Crippen LogP contribution in [0.4, 0.5) is 8.78 Å². The van der Waals surface area contributed by atoms with Gasteiger partial charge in [0.15, 0.2) is 0 Å². The molecule has 1 fully saturated rings. The lowest BCUT2D eigenvalue weighted by atomic mass is 9.51. The van der Waals surface area contributed by atoms with Crippen molar-refractivity contribution < 1.29 is 13.9 Å². The number of aliphatic hydroxyl groups excluding tert-OH is 1. The molecule has 0 bridgehead atoms. The molecular formula is C20H24F2N2O. The van der Waals surface area contributed by atoms with Crippen LogP contribution < -0.4 is 0 Å². The van der Waals surface area contributed by atoms with E-state index in [1.165, 1.54) is 0 Å². The van der Waals surface area contributed by atoms with Gasteiger partial charge in [0, 0.05) is 12.0 Å². The van der Waals surface area contributed by atoms with Crippen LogP contribution in [0, 0.1) is 22.7 Å². The first-order valence-corrected chi connectivity index (χ1v) is 8.68. The summed E-state index contributed by atoms with van der Waals surface area (Å²) >= 11 is 0. The summed E-state index contributed by atoms with van der Waals surface area (Å²) in [6, 6.07) is 11.9. The summed E-state index contributed by atoms with van der Waals surface area (Å²) in [6.07, 6.45) is -0.659. The SMILES string of the molecule is CC1(C)C(O)C(C#N)=C[C@]2(c3ccccc3)CN(CC(F)F)CC[C@@H]12. The number of hydrogen-bond donors (Lipinski definition) is 1. The van der Waals surface area contributed by atoms with E-state index < -0.39 is 23.4 Å². The van der Waals surface area contributed by atoms with Gasteiger partial charge >= 0.3 is 0 Å². The molecule has 0 spiro atoms. The number of fused-ring (bicyclic) bond motifs is 1. The maximum absolute atomic E-state index is 13.0. The van der Waals surface area contributed by atoms with Gasteiger partial charge in [0.1, 0.15) is 0 Å². The van der Waals surface area contributed by atoms with Crippen LogP contribution in [-0.4, -0.2) is 42.2 Å². The first-order chi connectivity index (χ1) is 11.8. The van der Waals surface area contributed by atoms with Crippen LogP contribution >= 0.6 is 0 Å². The van der Waals surface area contributed by atoms with Gasteiger partial charge in [-0.15, -0.1) is 0 Å². The second-order valence-electron chi connectivity index (χ2n) is 7.81. The topological polar surface area (TPSA) is 47.3 Å². The molecule has 1 unspecified atom stereocenters. The number of aliphatic hydroxyl groups is 1. The maximum atomic E-state index is 13.0. The minimum Gasteiger partial charge on any atom is -0.387 e. The molecule has 3 atom stereocenters. The fourth-order valence-electron chi connectivity index (χ4n) is 4.83. The Kier molecular flexibility index (Phi) is 4.70. The molecule has 3 rings (SSSR count). The standard InChI is InChI=1S/C20H24F2N2O/c1-19(2)16-8-9-24(12-17(21)22)13-20(16,10-14(11-23)18(19)25)15-6-4-3-5-7-15/h3-7,10,16-18,25H,8-9,12-13H2,1-2H3/t16-,18?,20+/m0/s1. The highest BCUT2D eigenvalue weighted by Gasteiger charge is 2.56. The van der Waals surface area contributed by atoms with Gasteiger partial charge in [0.05, 0.1) is 24.3 Å². The third-order valence-electron chi connectivity index (χ3n) is 5.99. The number of piperidine rings is 1. The van der Waals surface area contributed by atoms with Gasteiger partial charge in [0.2, 0.25) is 0 Å². The summed E-state index contributed by atoms with van der Waals surface area (Å²) in [5.41, 5.74) is 0.310.